The van der Waals surface area contributed by atoms with Gasteiger partial charge in [0.25, 0.3) is 0 Å². The number of ether oxygens (including phenoxy) is 4. The first kappa shape index (κ1) is 48.0. The first-order chi connectivity index (χ1) is 27.1. The third-order valence-corrected chi connectivity index (χ3v) is 27.8. The Hall–Kier alpha value is -3.05. The van der Waals surface area contributed by atoms with E-state index in [1.165, 1.54) is 63.7 Å². The molecule has 0 radical (unpaired) electrons. The maximum absolute atomic E-state index is 6.83. The van der Waals surface area contributed by atoms with Crippen molar-refractivity contribution in [2.45, 2.75) is 157 Å². The number of benzene rings is 4. The molecule has 8 heteroatoms. The van der Waals surface area contributed by atoms with Gasteiger partial charge in [0.05, 0.1) is 28.4 Å². The lowest BCUT2D eigenvalue weighted by Crippen LogP contribution is -2.64. The maximum atomic E-state index is 6.83. The predicted octanol–water partition coefficient (Wildman–Crippen LogP) is 8.51. The molecule has 0 amide bonds. The van der Waals surface area contributed by atoms with Gasteiger partial charge >= 0.3 is 0 Å². The van der Waals surface area contributed by atoms with Crippen molar-refractivity contribution in [3.8, 4) is 23.0 Å². The SMILES string of the molecule is COc1c2cc(C(C)(C)C)cc1[Si](C)(C)c1cc(C(C)(C)C)cc(c1OC)[Si](C)(C)c1cc(C(C)(C)C)cc(c1OC)[Si](C)(C)c1cc(C(C)(C)C)cc(c1OC)[Si]2(C)C. The van der Waals surface area contributed by atoms with Crippen LogP contribution in [0.25, 0.3) is 0 Å². The van der Waals surface area contributed by atoms with E-state index in [0.717, 1.165) is 23.0 Å². The van der Waals surface area contributed by atoms with Gasteiger partial charge in [-0.2, -0.15) is 0 Å². The summed E-state index contributed by atoms with van der Waals surface area (Å²) in [5.74, 6) is 4.14. The van der Waals surface area contributed by atoms with E-state index >= 15 is 0 Å². The van der Waals surface area contributed by atoms with Crippen LogP contribution in [0.3, 0.4) is 0 Å². The fraction of sp³-hybridized carbons (Fsp3) is 0.538. The molecule has 4 aromatic carbocycles. The second kappa shape index (κ2) is 15.3. The summed E-state index contributed by atoms with van der Waals surface area (Å²) in [4.78, 5) is 0. The molecule has 5 rings (SSSR count). The molecule has 0 aliphatic carbocycles. The fourth-order valence-corrected chi connectivity index (χ4v) is 21.6. The summed E-state index contributed by atoms with van der Waals surface area (Å²) in [7, 11) is -2.97. The zero-order chi connectivity index (χ0) is 45.7. The van der Waals surface area contributed by atoms with Gasteiger partial charge in [-0.15, -0.1) is 0 Å². The monoisotopic (exact) mass is 881 g/mol. The molecule has 1 aliphatic rings. The van der Waals surface area contributed by atoms with E-state index in [1.54, 1.807) is 0 Å². The molecule has 0 N–H and O–H groups in total. The van der Waals surface area contributed by atoms with E-state index in [9.17, 15) is 0 Å². The summed E-state index contributed by atoms with van der Waals surface area (Å²) in [5.41, 5.74) is 4.99. The van der Waals surface area contributed by atoms with Crippen molar-refractivity contribution in [3.63, 3.8) is 0 Å². The Kier molecular flexibility index (Phi) is 12.3. The van der Waals surface area contributed by atoms with E-state index < -0.39 is 32.3 Å². The van der Waals surface area contributed by atoms with Gasteiger partial charge < -0.3 is 18.9 Å². The Bertz CT molecular complexity index is 1870. The molecule has 0 atom stereocenters. The molecule has 0 spiro atoms. The summed E-state index contributed by atoms with van der Waals surface area (Å²) in [5, 5.41) is 10.6. The first-order valence-corrected chi connectivity index (χ1v) is 34.1. The predicted molar refractivity (Wildman–Crippen MR) is 274 cm³/mol. The highest BCUT2D eigenvalue weighted by Crippen LogP contribution is 2.35. The summed E-state index contributed by atoms with van der Waals surface area (Å²) in [6, 6.07) is 20.0. The molecule has 0 fully saturated rings. The van der Waals surface area contributed by atoms with Crippen LogP contribution in [0, 0.1) is 0 Å². The van der Waals surface area contributed by atoms with Crippen molar-refractivity contribution in [3.05, 3.63) is 70.8 Å². The van der Waals surface area contributed by atoms with E-state index in [1.807, 2.05) is 28.4 Å². The highest BCUT2D eigenvalue weighted by Gasteiger charge is 2.46. The Morgan fingerprint density at radius 2 is 0.383 bits per heavy atom. The number of hydrogen-bond acceptors (Lipinski definition) is 4. The first-order valence-electron chi connectivity index (χ1n) is 22.1. The molecule has 8 bridgehead atoms. The number of rotatable bonds is 4. The van der Waals surface area contributed by atoms with Crippen LogP contribution >= 0.6 is 0 Å². The molecule has 0 saturated heterocycles. The second-order valence-electron chi connectivity index (χ2n) is 23.9. The molecular weight excluding hydrogens is 801 g/mol. The van der Waals surface area contributed by atoms with Crippen LogP contribution in [0.4, 0.5) is 0 Å². The van der Waals surface area contributed by atoms with E-state index in [-0.39, 0.29) is 21.7 Å². The van der Waals surface area contributed by atoms with E-state index in [2.05, 4.69) is 184 Å². The van der Waals surface area contributed by atoms with Crippen molar-refractivity contribution in [2.75, 3.05) is 28.4 Å². The smallest absolute Gasteiger partial charge is 0.121 e. The van der Waals surface area contributed by atoms with Crippen LogP contribution in [0.5, 0.6) is 23.0 Å². The molecule has 4 aromatic rings. The van der Waals surface area contributed by atoms with Gasteiger partial charge in [0.15, 0.2) is 0 Å². The molecule has 328 valence electrons. The lowest BCUT2D eigenvalue weighted by atomic mass is 9.87. The third kappa shape index (κ3) is 8.05. The zero-order valence-electron chi connectivity index (χ0n) is 42.3. The van der Waals surface area contributed by atoms with Crippen molar-refractivity contribution in [2.24, 2.45) is 0 Å². The van der Waals surface area contributed by atoms with Gasteiger partial charge in [-0.3, -0.25) is 0 Å². The van der Waals surface area contributed by atoms with E-state index in [4.69, 9.17) is 18.9 Å². The second-order valence-corrected chi connectivity index (χ2v) is 41.2. The molecule has 0 unspecified atom stereocenters. The number of fused-ring (bicyclic) bond motifs is 8. The summed E-state index contributed by atoms with van der Waals surface area (Å²) >= 11 is 0. The largest absolute Gasteiger partial charge is 0.497 e. The average molecular weight is 882 g/mol. The van der Waals surface area contributed by atoms with Crippen molar-refractivity contribution in [1.29, 1.82) is 0 Å². The van der Waals surface area contributed by atoms with Crippen LogP contribution in [0.15, 0.2) is 48.5 Å². The van der Waals surface area contributed by atoms with Gasteiger partial charge in [0.2, 0.25) is 0 Å². The minimum absolute atomic E-state index is 0.0928. The lowest BCUT2D eigenvalue weighted by Gasteiger charge is -2.40. The zero-order valence-corrected chi connectivity index (χ0v) is 46.3. The normalized spacial score (nSPS) is 17.2. The lowest BCUT2D eigenvalue weighted by molar-refractivity contribution is 0.418. The maximum Gasteiger partial charge on any atom is 0.121 e. The minimum atomic E-state index is -2.64. The quantitative estimate of drug-likeness (QED) is 0.193. The molecule has 4 nitrogen and oxygen atoms in total. The number of methoxy groups -OCH3 is 4. The van der Waals surface area contributed by atoms with Crippen molar-refractivity contribution in [1.82, 2.24) is 0 Å². The van der Waals surface area contributed by atoms with Gasteiger partial charge in [0.1, 0.15) is 55.3 Å². The van der Waals surface area contributed by atoms with Crippen LogP contribution in [0.2, 0.25) is 52.4 Å². The highest BCUT2D eigenvalue weighted by atomic mass is 28.3. The molecule has 0 saturated carbocycles. The topological polar surface area (TPSA) is 36.9 Å². The van der Waals surface area contributed by atoms with Crippen LogP contribution < -0.4 is 60.4 Å². The highest BCUT2D eigenvalue weighted by molar-refractivity contribution is 7.07. The summed E-state index contributed by atoms with van der Waals surface area (Å²) in [6.45, 7) is 48.4. The molecular formula is C52H80O4Si4. The number of hydrogen-bond donors (Lipinski definition) is 0. The molecule has 60 heavy (non-hydrogen) atoms. The van der Waals surface area contributed by atoms with Crippen LogP contribution in [-0.2, 0) is 21.7 Å². The van der Waals surface area contributed by atoms with E-state index in [0.29, 0.717) is 0 Å². The Morgan fingerprint density at radius 1 is 0.267 bits per heavy atom. The van der Waals surface area contributed by atoms with Gasteiger partial charge in [-0.1, -0.05) is 184 Å². The molecule has 1 heterocycles. The Labute approximate surface area is 370 Å². The van der Waals surface area contributed by atoms with Gasteiger partial charge in [0, 0.05) is 0 Å². The third-order valence-electron chi connectivity index (χ3n) is 14.0. The van der Waals surface area contributed by atoms with Gasteiger partial charge in [-0.05, 0) is 85.4 Å². The van der Waals surface area contributed by atoms with Crippen molar-refractivity contribution < 1.29 is 18.9 Å². The Morgan fingerprint density at radius 3 is 0.467 bits per heavy atom. The standard InChI is InChI=1S/C52H80O4Si4/c1-49(2,3)33-25-37-45(53-13)38(26-33)58(19,20)40-28-35(51(7,8)9)30-42(47(40)55-15)60(23,24)44-32-36(52(10,11)12)31-43(48(44)56-16)59(21,22)41-29-34(50(4,5)6)27-39(46(41)54-14)57(37,17)18/h25-32H,1-24H3. The summed E-state index contributed by atoms with van der Waals surface area (Å²) < 4.78 is 27.3. The Balaban J connectivity index is 2.24. The van der Waals surface area contributed by atoms with Crippen LogP contribution in [-0.4, -0.2) is 60.7 Å². The van der Waals surface area contributed by atoms with Crippen LogP contribution in [0.1, 0.15) is 105 Å². The molecule has 0 aromatic heterocycles. The fourth-order valence-electron chi connectivity index (χ4n) is 9.42. The minimum Gasteiger partial charge on any atom is -0.497 e. The average Bonchev–Trinajstić information content (AvgIpc) is 3.13. The van der Waals surface area contributed by atoms with Crippen molar-refractivity contribution >= 4 is 73.8 Å². The van der Waals surface area contributed by atoms with Gasteiger partial charge in [-0.25, -0.2) is 0 Å². The molecule has 1 aliphatic heterocycles. The summed E-state index contributed by atoms with van der Waals surface area (Å²) in [6.07, 6.45) is 0.